The number of carboxylic acid groups (broad SMARTS) is 1. The number of carbonyl (C=O) groups excluding carboxylic acids is 1. The van der Waals surface area contributed by atoms with Gasteiger partial charge in [0.05, 0.1) is 6.54 Å². The molecule has 1 aliphatic rings. The Morgan fingerprint density at radius 2 is 1.90 bits per heavy atom. The number of nitrogens with one attached hydrogen (secondary N) is 1. The zero-order valence-corrected chi connectivity index (χ0v) is 11.4. The predicted octanol–water partition coefficient (Wildman–Crippen LogP) is 1.52. The van der Waals surface area contributed by atoms with Gasteiger partial charge in [0.15, 0.2) is 5.60 Å². The topological polar surface area (TPSA) is 86.6 Å². The lowest BCUT2D eigenvalue weighted by atomic mass is 9.80. The first kappa shape index (κ1) is 14.5. The molecule has 5 heteroatoms. The highest BCUT2D eigenvalue weighted by Gasteiger charge is 2.30. The molecule has 1 unspecified atom stereocenters. The van der Waals surface area contributed by atoms with E-state index in [1.807, 2.05) is 12.1 Å². The number of hydrogen-bond acceptors (Lipinski definition) is 3. The number of aliphatic carboxylic acids is 1. The van der Waals surface area contributed by atoms with Crippen LogP contribution < -0.4 is 5.32 Å². The van der Waals surface area contributed by atoms with E-state index < -0.39 is 11.6 Å². The molecule has 0 aromatic heterocycles. The van der Waals surface area contributed by atoms with Gasteiger partial charge in [0.2, 0.25) is 0 Å². The van der Waals surface area contributed by atoms with E-state index in [4.69, 9.17) is 5.11 Å². The summed E-state index contributed by atoms with van der Waals surface area (Å²) in [5.74, 6) is -1.13. The minimum atomic E-state index is -1.96. The molecule has 0 heterocycles. The smallest absolute Gasteiger partial charge is 0.337 e. The van der Waals surface area contributed by atoms with Gasteiger partial charge in [0, 0.05) is 5.56 Å². The minimum Gasteiger partial charge on any atom is -0.479 e. The molecule has 1 aromatic carbocycles. The van der Waals surface area contributed by atoms with Crippen LogP contribution in [0, 0.1) is 0 Å². The van der Waals surface area contributed by atoms with Crippen LogP contribution in [0.4, 0.5) is 0 Å². The van der Waals surface area contributed by atoms with Crippen LogP contribution in [0.15, 0.2) is 24.3 Å². The number of aliphatic hydroxyl groups is 1. The Morgan fingerprint density at radius 3 is 2.35 bits per heavy atom. The van der Waals surface area contributed by atoms with Crippen molar-refractivity contribution in [1.29, 1.82) is 0 Å². The number of rotatable bonds is 5. The largest absolute Gasteiger partial charge is 0.479 e. The zero-order valence-electron chi connectivity index (χ0n) is 11.4. The molecule has 0 spiro atoms. The van der Waals surface area contributed by atoms with Gasteiger partial charge in [-0.15, -0.1) is 0 Å². The molecule has 108 valence electrons. The summed E-state index contributed by atoms with van der Waals surface area (Å²) >= 11 is 0. The van der Waals surface area contributed by atoms with E-state index in [1.54, 1.807) is 12.1 Å². The summed E-state index contributed by atoms with van der Waals surface area (Å²) in [4.78, 5) is 22.6. The highest BCUT2D eigenvalue weighted by Crippen LogP contribution is 2.36. The second-order valence-corrected chi connectivity index (χ2v) is 5.51. The van der Waals surface area contributed by atoms with Gasteiger partial charge >= 0.3 is 5.97 Å². The van der Waals surface area contributed by atoms with Crippen molar-refractivity contribution in [3.63, 3.8) is 0 Å². The lowest BCUT2D eigenvalue weighted by molar-refractivity contribution is -0.155. The van der Waals surface area contributed by atoms with Crippen molar-refractivity contribution >= 4 is 11.9 Å². The summed E-state index contributed by atoms with van der Waals surface area (Å²) < 4.78 is 0. The number of amides is 1. The Morgan fingerprint density at radius 1 is 1.30 bits per heavy atom. The molecule has 1 atom stereocenters. The molecule has 1 fully saturated rings. The van der Waals surface area contributed by atoms with Gasteiger partial charge < -0.3 is 15.5 Å². The fourth-order valence-corrected chi connectivity index (χ4v) is 2.08. The standard InChI is InChI=1S/C15H19NO4/c1-15(20,14(18)19)9-16-13(17)12-7-5-11(6-8-12)10-3-2-4-10/h5-8,10,20H,2-4,9H2,1H3,(H,16,17)(H,18,19). The number of carboxylic acids is 1. The fourth-order valence-electron chi connectivity index (χ4n) is 2.08. The summed E-state index contributed by atoms with van der Waals surface area (Å²) in [6, 6.07) is 7.35. The Balaban J connectivity index is 1.94. The second-order valence-electron chi connectivity index (χ2n) is 5.51. The fraction of sp³-hybridized carbons (Fsp3) is 0.467. The Hall–Kier alpha value is -1.88. The molecule has 0 aliphatic heterocycles. The van der Waals surface area contributed by atoms with Gasteiger partial charge in [0.1, 0.15) is 0 Å². The lowest BCUT2D eigenvalue weighted by Gasteiger charge is -2.25. The number of hydrogen-bond donors (Lipinski definition) is 3. The third-order valence-corrected chi connectivity index (χ3v) is 3.80. The van der Waals surface area contributed by atoms with Crippen LogP contribution in [-0.2, 0) is 4.79 Å². The van der Waals surface area contributed by atoms with Crippen molar-refractivity contribution in [3.8, 4) is 0 Å². The average molecular weight is 277 g/mol. The molecular formula is C15H19NO4. The van der Waals surface area contributed by atoms with Crippen LogP contribution >= 0.6 is 0 Å². The van der Waals surface area contributed by atoms with Crippen molar-refractivity contribution in [2.45, 2.75) is 37.7 Å². The molecule has 3 N–H and O–H groups in total. The van der Waals surface area contributed by atoms with Crippen molar-refractivity contribution < 1.29 is 19.8 Å². The molecule has 20 heavy (non-hydrogen) atoms. The summed E-state index contributed by atoms with van der Waals surface area (Å²) in [5.41, 5.74) is -0.249. The van der Waals surface area contributed by atoms with Gasteiger partial charge in [-0.25, -0.2) is 4.79 Å². The van der Waals surface area contributed by atoms with E-state index in [-0.39, 0.29) is 12.5 Å². The molecule has 0 radical (unpaired) electrons. The van der Waals surface area contributed by atoms with Crippen LogP contribution in [0.1, 0.15) is 48.0 Å². The van der Waals surface area contributed by atoms with E-state index in [2.05, 4.69) is 5.32 Å². The van der Waals surface area contributed by atoms with E-state index in [9.17, 15) is 14.7 Å². The van der Waals surface area contributed by atoms with Gasteiger partial charge in [-0.1, -0.05) is 18.6 Å². The maximum Gasteiger partial charge on any atom is 0.337 e. The first-order valence-electron chi connectivity index (χ1n) is 6.74. The molecule has 1 amide bonds. The third-order valence-electron chi connectivity index (χ3n) is 3.80. The van der Waals surface area contributed by atoms with Crippen molar-refractivity contribution in [2.24, 2.45) is 0 Å². The van der Waals surface area contributed by atoms with Crippen LogP contribution in [0.2, 0.25) is 0 Å². The van der Waals surface area contributed by atoms with E-state index >= 15 is 0 Å². The molecule has 2 rings (SSSR count). The zero-order chi connectivity index (χ0) is 14.8. The average Bonchev–Trinajstić information content (AvgIpc) is 2.35. The van der Waals surface area contributed by atoms with E-state index in [0.29, 0.717) is 11.5 Å². The first-order valence-corrected chi connectivity index (χ1v) is 6.74. The quantitative estimate of drug-likeness (QED) is 0.761. The summed E-state index contributed by atoms with van der Waals surface area (Å²) in [5, 5.41) is 20.7. The van der Waals surface area contributed by atoms with Crippen LogP contribution in [0.3, 0.4) is 0 Å². The lowest BCUT2D eigenvalue weighted by Crippen LogP contribution is -2.46. The van der Waals surface area contributed by atoms with Gasteiger partial charge in [-0.2, -0.15) is 0 Å². The van der Waals surface area contributed by atoms with Crippen LogP contribution in [0.25, 0.3) is 0 Å². The SMILES string of the molecule is CC(O)(CNC(=O)c1ccc(C2CCC2)cc1)C(=O)O. The molecule has 1 saturated carbocycles. The van der Waals surface area contributed by atoms with Crippen molar-refractivity contribution in [1.82, 2.24) is 5.32 Å². The van der Waals surface area contributed by atoms with Gasteiger partial charge in [-0.3, -0.25) is 4.79 Å². The third kappa shape index (κ3) is 3.17. The molecule has 0 bridgehead atoms. The van der Waals surface area contributed by atoms with Crippen molar-refractivity contribution in [2.75, 3.05) is 6.54 Å². The van der Waals surface area contributed by atoms with Crippen LogP contribution in [0.5, 0.6) is 0 Å². The highest BCUT2D eigenvalue weighted by atomic mass is 16.4. The molecule has 0 saturated heterocycles. The first-order chi connectivity index (χ1) is 9.40. The van der Waals surface area contributed by atoms with Crippen molar-refractivity contribution in [3.05, 3.63) is 35.4 Å². The number of benzene rings is 1. The monoisotopic (exact) mass is 277 g/mol. The second kappa shape index (κ2) is 5.63. The number of carbonyl (C=O) groups is 2. The van der Waals surface area contributed by atoms with Gasteiger partial charge in [0.25, 0.3) is 5.91 Å². The molecule has 1 aliphatic carbocycles. The highest BCUT2D eigenvalue weighted by molar-refractivity contribution is 5.94. The normalized spacial score (nSPS) is 17.9. The minimum absolute atomic E-state index is 0.328. The van der Waals surface area contributed by atoms with E-state index in [0.717, 1.165) is 6.92 Å². The molecule has 1 aromatic rings. The summed E-state index contributed by atoms with van der Waals surface area (Å²) in [7, 11) is 0. The summed E-state index contributed by atoms with van der Waals surface area (Å²) in [6.45, 7) is 0.820. The maximum absolute atomic E-state index is 11.9. The predicted molar refractivity (Wildman–Crippen MR) is 73.6 cm³/mol. The molecular weight excluding hydrogens is 258 g/mol. The van der Waals surface area contributed by atoms with E-state index in [1.165, 1.54) is 24.8 Å². The van der Waals surface area contributed by atoms with Crippen LogP contribution in [-0.4, -0.2) is 34.2 Å². The maximum atomic E-state index is 11.9. The Labute approximate surface area is 117 Å². The summed E-state index contributed by atoms with van der Waals surface area (Å²) in [6.07, 6.45) is 3.66. The van der Waals surface area contributed by atoms with Gasteiger partial charge in [-0.05, 0) is 43.4 Å². The Kier molecular flexibility index (Phi) is 4.09. The Bertz CT molecular complexity index is 503. The molecule has 5 nitrogen and oxygen atoms in total.